The number of rotatable bonds is 22. The molecule has 1 aliphatic carbocycles. The number of hydrogen-bond donors (Lipinski definition) is 1. The molecule has 5 heteroatoms. The van der Waals surface area contributed by atoms with Crippen LogP contribution >= 0.6 is 0 Å². The lowest BCUT2D eigenvalue weighted by molar-refractivity contribution is -0.0199. The maximum absolute atomic E-state index is 6.27. The Labute approximate surface area is 568 Å². The zero-order valence-electron chi connectivity index (χ0n) is 61.9. The summed E-state index contributed by atoms with van der Waals surface area (Å²) in [5.41, 5.74) is 19.6. The number of fused-ring (bicyclic) bond motifs is 4. The summed E-state index contributed by atoms with van der Waals surface area (Å²) >= 11 is 0. The minimum atomic E-state index is 0.144. The molecule has 1 unspecified atom stereocenters. The minimum Gasteiger partial charge on any atom is -0.376 e. The highest BCUT2D eigenvalue weighted by atomic mass is 16.5. The first-order valence-electron chi connectivity index (χ1n) is 34.2. The van der Waals surface area contributed by atoms with Crippen molar-refractivity contribution in [2.24, 2.45) is 12.5 Å². The molecular weight excluding hydrogens is 1130 g/mol. The molecule has 0 saturated heterocycles. The number of benzene rings is 4. The van der Waals surface area contributed by atoms with Crippen LogP contribution in [0.1, 0.15) is 211 Å². The minimum absolute atomic E-state index is 0.144. The van der Waals surface area contributed by atoms with Gasteiger partial charge in [-0.1, -0.05) is 245 Å². The summed E-state index contributed by atoms with van der Waals surface area (Å²) in [6.07, 6.45) is 53.8. The summed E-state index contributed by atoms with van der Waals surface area (Å²) in [5, 5.41) is 6.75. The standard InChI is InChI=1S/C31H39NO.C20H19N.C18H25N.C7H12.C4H9N.3C2H6.C2H2/c1-6-11-29-27(8-3)28-15-14-24(20-30(28)32(29)5)19-25-12-9-13-26(23(25)4)21-33-22-31(16-7-2)17-10-18-31;1-3-5-6-11-16(4-2)21-19-14-9-7-12-17(19)18-13-8-10-15-20(18)21;1-8-11-17-16(10-3)15(7)18(14(6)9-2)19(17)12-13(4)5;1-3-5-7-6-4-2;1-3-4-5-2;4*1-2/h6,8-9,11-15,20H,3,7,10,16-19,21-22H2,1-2,4-5H3;3-16H,2H2,1H3;8-12H,3H2,1-2,4-7H3;3,5-7H,4H2,1-2H3;3,5H,1,4H2,2H3;3*1-2H3;1-2H/b11-6-;5-3-,11-6?;11-8-,14-9-;5-3-,7-6-;;;;;. The first-order valence-corrected chi connectivity index (χ1v) is 34.2. The summed E-state index contributed by atoms with van der Waals surface area (Å²) in [4.78, 5) is 0. The number of likely N-dealkylation sites (N-methyl/N-ethyl adjacent to an activating group) is 1. The highest BCUT2D eigenvalue weighted by Gasteiger charge is 2.36. The van der Waals surface area contributed by atoms with Gasteiger partial charge in [0.1, 0.15) is 0 Å². The van der Waals surface area contributed by atoms with E-state index in [9.17, 15) is 0 Å². The number of nitrogens with zero attached hydrogens (tertiary/aromatic N) is 3. The van der Waals surface area contributed by atoms with Gasteiger partial charge in [0.2, 0.25) is 0 Å². The van der Waals surface area contributed by atoms with Crippen molar-refractivity contribution < 1.29 is 4.74 Å². The maximum Gasteiger partial charge on any atom is 0.0719 e. The van der Waals surface area contributed by atoms with Crippen molar-refractivity contribution >= 4 is 68.8 Å². The van der Waals surface area contributed by atoms with Crippen LogP contribution in [0.3, 0.4) is 0 Å². The molecule has 7 aromatic rings. The quantitative estimate of drug-likeness (QED) is 0.0417. The van der Waals surface area contributed by atoms with Crippen LogP contribution in [0.15, 0.2) is 196 Å². The average molecular weight is 1250 g/mol. The van der Waals surface area contributed by atoms with Crippen LogP contribution in [0, 0.1) is 32.1 Å². The van der Waals surface area contributed by atoms with E-state index in [-0.39, 0.29) is 6.04 Å². The van der Waals surface area contributed by atoms with Gasteiger partial charge in [0.25, 0.3) is 0 Å². The third-order valence-electron chi connectivity index (χ3n) is 15.7. The molecule has 93 heavy (non-hydrogen) atoms. The SMILES string of the molecule is C#C.C/C=C\C=C/CC.C=CC(C=C/C=C\C)n1c2ccccc2c2ccccc21.C=CCNC.C=Cc1c(/C=C\C)n(C)c2cc(Cc3cccc(COCC4(CCC)CCC4)c3C)ccc12.C=Cc1c(C)c(/C(C)=C\C)n(C=C(C)C)c1/C=C\C.CC.CC.CC. The van der Waals surface area contributed by atoms with Gasteiger partial charge >= 0.3 is 0 Å². The molecular formula is C88H124N4O. The van der Waals surface area contributed by atoms with Crippen LogP contribution in [-0.2, 0) is 24.8 Å². The molecule has 0 radical (unpaired) electrons. The highest BCUT2D eigenvalue weighted by Crippen LogP contribution is 2.45. The van der Waals surface area contributed by atoms with Crippen LogP contribution in [0.2, 0.25) is 0 Å². The molecule has 0 aliphatic heterocycles. The fourth-order valence-electron chi connectivity index (χ4n) is 11.2. The van der Waals surface area contributed by atoms with Crippen molar-refractivity contribution in [2.45, 2.75) is 182 Å². The lowest BCUT2D eigenvalue weighted by atomic mass is 9.67. The Morgan fingerprint density at radius 2 is 1.24 bits per heavy atom. The van der Waals surface area contributed by atoms with Crippen molar-refractivity contribution in [3.8, 4) is 12.8 Å². The fourth-order valence-corrected chi connectivity index (χ4v) is 11.2. The van der Waals surface area contributed by atoms with Crippen LogP contribution in [0.4, 0.5) is 0 Å². The van der Waals surface area contributed by atoms with Crippen molar-refractivity contribution in [3.05, 3.63) is 252 Å². The Balaban J connectivity index is 0.00000123. The van der Waals surface area contributed by atoms with E-state index in [1.165, 1.54) is 132 Å². The van der Waals surface area contributed by atoms with E-state index in [1.807, 2.05) is 118 Å². The van der Waals surface area contributed by atoms with Gasteiger partial charge in [-0.25, -0.2) is 0 Å². The van der Waals surface area contributed by atoms with E-state index in [4.69, 9.17) is 4.74 Å². The van der Waals surface area contributed by atoms with E-state index < -0.39 is 0 Å². The number of hydrogen-bond acceptors (Lipinski definition) is 2. The molecule has 0 amide bonds. The second-order valence-corrected chi connectivity index (χ2v) is 22.2. The van der Waals surface area contributed by atoms with E-state index in [2.05, 4.69) is 273 Å². The summed E-state index contributed by atoms with van der Waals surface area (Å²) in [6, 6.07) is 30.8. The average Bonchev–Trinajstić information content (AvgIpc) is 1.63. The smallest absolute Gasteiger partial charge is 0.0719 e. The Kier molecular flexibility index (Phi) is 45.2. The number of para-hydroxylation sites is 2. The number of aryl methyl sites for hydroxylation is 1. The first-order chi connectivity index (χ1) is 45.2. The zero-order valence-corrected chi connectivity index (χ0v) is 61.9. The van der Waals surface area contributed by atoms with Gasteiger partial charge in [-0.3, -0.25) is 0 Å². The van der Waals surface area contributed by atoms with Gasteiger partial charge in [-0.05, 0) is 178 Å². The van der Waals surface area contributed by atoms with Crippen LogP contribution < -0.4 is 5.32 Å². The van der Waals surface area contributed by atoms with Crippen LogP contribution in [0.25, 0.3) is 68.8 Å². The largest absolute Gasteiger partial charge is 0.376 e. The lowest BCUT2D eigenvalue weighted by Gasteiger charge is -2.41. The van der Waals surface area contributed by atoms with Gasteiger partial charge in [0.15, 0.2) is 0 Å². The molecule has 4 aromatic carbocycles. The van der Waals surface area contributed by atoms with Crippen molar-refractivity contribution in [1.29, 1.82) is 0 Å². The molecule has 1 aliphatic rings. The van der Waals surface area contributed by atoms with Crippen LogP contribution in [0.5, 0.6) is 0 Å². The predicted molar refractivity (Wildman–Crippen MR) is 426 cm³/mol. The normalized spacial score (nSPS) is 12.4. The van der Waals surface area contributed by atoms with Gasteiger partial charge in [0.05, 0.1) is 30.6 Å². The zero-order chi connectivity index (χ0) is 70.3. The van der Waals surface area contributed by atoms with Gasteiger partial charge in [-0.15, -0.1) is 26.0 Å². The van der Waals surface area contributed by atoms with Gasteiger partial charge in [-0.2, -0.15) is 0 Å². The summed E-state index contributed by atoms with van der Waals surface area (Å²) < 4.78 is 13.2. The number of allylic oxidation sites excluding steroid dienone is 14. The van der Waals surface area contributed by atoms with Crippen molar-refractivity contribution in [3.63, 3.8) is 0 Å². The highest BCUT2D eigenvalue weighted by molar-refractivity contribution is 6.08. The van der Waals surface area contributed by atoms with E-state index >= 15 is 0 Å². The Morgan fingerprint density at radius 1 is 0.667 bits per heavy atom. The van der Waals surface area contributed by atoms with Gasteiger partial charge in [0, 0.05) is 69.3 Å². The fraction of sp³-hybridized carbons (Fsp3) is 0.364. The third kappa shape index (κ3) is 25.4. The molecule has 8 rings (SSSR count). The Bertz CT molecular complexity index is 3510. The molecule has 0 spiro atoms. The molecule has 1 saturated carbocycles. The first kappa shape index (κ1) is 84.9. The molecule has 3 aromatic heterocycles. The topological polar surface area (TPSA) is 36.0 Å². The second-order valence-electron chi connectivity index (χ2n) is 22.2. The summed E-state index contributed by atoms with van der Waals surface area (Å²) in [7, 11) is 4.03. The summed E-state index contributed by atoms with van der Waals surface area (Å²) in [6.45, 7) is 55.5. The van der Waals surface area contributed by atoms with Crippen molar-refractivity contribution in [2.75, 3.05) is 20.2 Å². The maximum atomic E-state index is 6.27. The molecule has 5 nitrogen and oxygen atoms in total. The van der Waals surface area contributed by atoms with Crippen LogP contribution in [-0.4, -0.2) is 33.9 Å². The lowest BCUT2D eigenvalue weighted by Crippen LogP contribution is -2.34. The van der Waals surface area contributed by atoms with E-state index in [1.54, 1.807) is 0 Å². The van der Waals surface area contributed by atoms with Crippen molar-refractivity contribution in [1.82, 2.24) is 19.0 Å². The Morgan fingerprint density at radius 3 is 1.71 bits per heavy atom. The predicted octanol–water partition coefficient (Wildman–Crippen LogP) is 25.9. The number of terminal acetylenes is 1. The van der Waals surface area contributed by atoms with Gasteiger partial charge < -0.3 is 23.8 Å². The molecule has 0 bridgehead atoms. The second kappa shape index (κ2) is 49.5. The molecule has 502 valence electrons. The monoisotopic (exact) mass is 1250 g/mol. The third-order valence-corrected chi connectivity index (χ3v) is 15.7. The molecule has 1 fully saturated rings. The Hall–Kier alpha value is -8.14. The van der Waals surface area contributed by atoms with E-state index in [0.717, 1.165) is 32.6 Å². The number of aromatic nitrogens is 3. The molecule has 1 N–H and O–H groups in total. The number of ether oxygens (including phenoxy) is 1. The van der Waals surface area contributed by atoms with E-state index in [0.29, 0.717) is 5.41 Å². The number of nitrogens with one attached hydrogen (secondary N) is 1. The molecule has 1 atom stereocenters. The summed E-state index contributed by atoms with van der Waals surface area (Å²) in [5.74, 6) is 0. The molecule has 3 heterocycles.